The number of amides is 1. The number of benzene rings is 1. The highest BCUT2D eigenvalue weighted by atomic mass is 32.2. The molecule has 0 radical (unpaired) electrons. The fourth-order valence-electron chi connectivity index (χ4n) is 3.69. The molecular weight excluding hydrogens is 466 g/mol. The highest BCUT2D eigenvalue weighted by molar-refractivity contribution is 8.03. The van der Waals surface area contributed by atoms with E-state index in [9.17, 15) is 14.9 Å². The molecule has 6 nitrogen and oxygen atoms in total. The molecule has 0 spiro atoms. The lowest BCUT2D eigenvalue weighted by atomic mass is 9.84. The van der Waals surface area contributed by atoms with Crippen molar-refractivity contribution in [1.29, 1.82) is 5.26 Å². The van der Waals surface area contributed by atoms with Crippen LogP contribution < -0.4 is 10.6 Å². The minimum atomic E-state index is -0.589. The SMILES string of the molecule is CCOC(=O)C1=C(c2ccccc2)NC(SCC(=O)NC(C)(C)C)=C(C#N)C1c1sccc1C. The summed E-state index contributed by atoms with van der Waals surface area (Å²) < 4.78 is 5.45. The Hall–Kier alpha value is -3.02. The zero-order valence-corrected chi connectivity index (χ0v) is 21.7. The van der Waals surface area contributed by atoms with Crippen LogP contribution in [0.3, 0.4) is 0 Å². The van der Waals surface area contributed by atoms with E-state index < -0.39 is 11.9 Å². The van der Waals surface area contributed by atoms with E-state index in [1.807, 2.05) is 69.5 Å². The van der Waals surface area contributed by atoms with E-state index in [1.54, 1.807) is 6.92 Å². The molecule has 34 heavy (non-hydrogen) atoms. The molecule has 0 saturated heterocycles. The average molecular weight is 496 g/mol. The fourth-order valence-corrected chi connectivity index (χ4v) is 5.58. The maximum absolute atomic E-state index is 13.3. The molecule has 2 aromatic rings. The number of carbonyl (C=O) groups is 2. The van der Waals surface area contributed by atoms with Crippen LogP contribution in [0.2, 0.25) is 0 Å². The molecule has 1 aromatic heterocycles. The Morgan fingerprint density at radius 1 is 1.24 bits per heavy atom. The quantitative estimate of drug-likeness (QED) is 0.519. The number of aryl methyl sites for hydroxylation is 1. The van der Waals surface area contributed by atoms with Gasteiger partial charge in [-0.3, -0.25) is 4.79 Å². The maximum atomic E-state index is 13.3. The molecule has 1 amide bonds. The molecular formula is C26H29N3O3S2. The van der Waals surface area contributed by atoms with Gasteiger partial charge in [0.25, 0.3) is 0 Å². The number of nitriles is 1. The van der Waals surface area contributed by atoms with Gasteiger partial charge in [-0.25, -0.2) is 4.79 Å². The van der Waals surface area contributed by atoms with Crippen LogP contribution in [0.5, 0.6) is 0 Å². The fraction of sp³-hybridized carbons (Fsp3) is 0.346. The molecule has 3 rings (SSSR count). The first kappa shape index (κ1) is 25.6. The Morgan fingerprint density at radius 2 is 1.94 bits per heavy atom. The summed E-state index contributed by atoms with van der Waals surface area (Å²) in [5, 5.41) is 19.0. The van der Waals surface area contributed by atoms with Crippen LogP contribution in [0.15, 0.2) is 58.0 Å². The minimum Gasteiger partial charge on any atom is -0.463 e. The van der Waals surface area contributed by atoms with Crippen molar-refractivity contribution in [3.8, 4) is 6.07 Å². The van der Waals surface area contributed by atoms with Gasteiger partial charge >= 0.3 is 5.97 Å². The zero-order valence-electron chi connectivity index (χ0n) is 20.0. The van der Waals surface area contributed by atoms with Gasteiger partial charge in [0.15, 0.2) is 0 Å². The second kappa shape index (κ2) is 10.9. The topological polar surface area (TPSA) is 91.2 Å². The van der Waals surface area contributed by atoms with Crippen molar-refractivity contribution < 1.29 is 14.3 Å². The Bertz CT molecular complexity index is 1170. The number of dihydropyridines is 1. The molecule has 2 heterocycles. The molecule has 0 aliphatic carbocycles. The lowest BCUT2D eigenvalue weighted by Gasteiger charge is -2.30. The molecule has 0 fully saturated rings. The van der Waals surface area contributed by atoms with E-state index in [0.29, 0.717) is 21.9 Å². The van der Waals surface area contributed by atoms with Gasteiger partial charge in [0.2, 0.25) is 5.91 Å². The summed E-state index contributed by atoms with van der Waals surface area (Å²) in [7, 11) is 0. The van der Waals surface area contributed by atoms with Crippen LogP contribution in [0.1, 0.15) is 49.6 Å². The first-order valence-electron chi connectivity index (χ1n) is 11.0. The van der Waals surface area contributed by atoms with Crippen molar-refractivity contribution in [3.63, 3.8) is 0 Å². The first-order chi connectivity index (χ1) is 16.2. The van der Waals surface area contributed by atoms with Crippen LogP contribution in [-0.2, 0) is 14.3 Å². The van der Waals surface area contributed by atoms with Gasteiger partial charge in [0.05, 0.1) is 46.2 Å². The van der Waals surface area contributed by atoms with Gasteiger partial charge in [-0.05, 0) is 57.2 Å². The summed E-state index contributed by atoms with van der Waals surface area (Å²) in [6.45, 7) is 9.72. The smallest absolute Gasteiger partial charge is 0.337 e. The van der Waals surface area contributed by atoms with Gasteiger partial charge in [-0.2, -0.15) is 5.26 Å². The van der Waals surface area contributed by atoms with Gasteiger partial charge in [0.1, 0.15) is 0 Å². The lowest BCUT2D eigenvalue weighted by Crippen LogP contribution is -2.41. The summed E-state index contributed by atoms with van der Waals surface area (Å²) in [6.07, 6.45) is 0. The number of nitrogens with zero attached hydrogens (tertiary/aromatic N) is 1. The van der Waals surface area contributed by atoms with Gasteiger partial charge < -0.3 is 15.4 Å². The Morgan fingerprint density at radius 3 is 2.50 bits per heavy atom. The predicted molar refractivity (Wildman–Crippen MR) is 138 cm³/mol. The van der Waals surface area contributed by atoms with Crippen LogP contribution in [0.4, 0.5) is 0 Å². The number of thioether (sulfide) groups is 1. The van der Waals surface area contributed by atoms with Crippen LogP contribution >= 0.6 is 23.1 Å². The third kappa shape index (κ3) is 5.91. The maximum Gasteiger partial charge on any atom is 0.337 e. The molecule has 1 unspecified atom stereocenters. The van der Waals surface area contributed by atoms with Crippen molar-refractivity contribution in [1.82, 2.24) is 10.6 Å². The zero-order chi connectivity index (χ0) is 24.9. The second-order valence-electron chi connectivity index (χ2n) is 8.84. The van der Waals surface area contributed by atoms with Crippen molar-refractivity contribution in [3.05, 3.63) is 74.0 Å². The third-order valence-electron chi connectivity index (χ3n) is 5.03. The number of esters is 1. The van der Waals surface area contributed by atoms with Crippen molar-refractivity contribution in [2.45, 2.75) is 46.1 Å². The minimum absolute atomic E-state index is 0.130. The van der Waals surface area contributed by atoms with E-state index >= 15 is 0 Å². The number of thiophene rings is 1. The monoisotopic (exact) mass is 495 g/mol. The van der Waals surface area contributed by atoms with E-state index in [4.69, 9.17) is 4.74 Å². The number of rotatable bonds is 7. The number of hydrogen-bond acceptors (Lipinski definition) is 7. The lowest BCUT2D eigenvalue weighted by molar-refractivity contribution is -0.138. The number of allylic oxidation sites excluding steroid dienone is 1. The first-order valence-corrected chi connectivity index (χ1v) is 12.9. The van der Waals surface area contributed by atoms with E-state index in [0.717, 1.165) is 16.0 Å². The summed E-state index contributed by atoms with van der Waals surface area (Å²) in [5.41, 5.74) is 2.84. The second-order valence-corrected chi connectivity index (χ2v) is 10.8. The molecule has 0 saturated carbocycles. The molecule has 1 aromatic carbocycles. The van der Waals surface area contributed by atoms with E-state index in [-0.39, 0.29) is 23.8 Å². The van der Waals surface area contributed by atoms with Gasteiger partial charge in [0, 0.05) is 10.4 Å². The molecule has 1 aliphatic heterocycles. The van der Waals surface area contributed by atoms with Crippen LogP contribution in [-0.4, -0.2) is 29.8 Å². The van der Waals surface area contributed by atoms with Gasteiger partial charge in [-0.15, -0.1) is 11.3 Å². The van der Waals surface area contributed by atoms with Crippen LogP contribution in [0, 0.1) is 18.3 Å². The highest BCUT2D eigenvalue weighted by Gasteiger charge is 2.38. The van der Waals surface area contributed by atoms with Crippen molar-refractivity contribution >= 4 is 40.7 Å². The van der Waals surface area contributed by atoms with Crippen molar-refractivity contribution in [2.75, 3.05) is 12.4 Å². The third-order valence-corrected chi connectivity index (χ3v) is 7.13. The van der Waals surface area contributed by atoms with E-state index in [2.05, 4.69) is 16.7 Å². The summed E-state index contributed by atoms with van der Waals surface area (Å²) in [5.74, 6) is -1.05. The highest BCUT2D eigenvalue weighted by Crippen LogP contribution is 2.45. The molecule has 1 atom stereocenters. The molecule has 178 valence electrons. The van der Waals surface area contributed by atoms with Crippen molar-refractivity contribution in [2.24, 2.45) is 0 Å². The Kier molecular flexibility index (Phi) is 8.24. The number of hydrogen-bond donors (Lipinski definition) is 2. The Labute approximate surface area is 209 Å². The number of nitrogens with one attached hydrogen (secondary N) is 2. The number of ether oxygens (including phenoxy) is 1. The molecule has 1 aliphatic rings. The largest absolute Gasteiger partial charge is 0.463 e. The average Bonchev–Trinajstić information content (AvgIpc) is 3.21. The normalized spacial score (nSPS) is 16.1. The predicted octanol–water partition coefficient (Wildman–Crippen LogP) is 5.10. The van der Waals surface area contributed by atoms with E-state index in [1.165, 1.54) is 23.1 Å². The standard InChI is InChI=1S/C26H29N3O3S2/c1-6-32-25(31)21-20(23-16(2)12-13-33-23)18(14-27)24(34-15-19(30)29-26(3,4)5)28-22(21)17-10-8-7-9-11-17/h7-13,20,28H,6,15H2,1-5H3,(H,29,30). The molecule has 2 N–H and O–H groups in total. The Balaban J connectivity index is 2.14. The van der Waals surface area contributed by atoms with Gasteiger partial charge in [-0.1, -0.05) is 42.1 Å². The molecule has 0 bridgehead atoms. The summed E-state index contributed by atoms with van der Waals surface area (Å²) in [6, 6.07) is 13.8. The van der Waals surface area contributed by atoms with Crippen LogP contribution in [0.25, 0.3) is 5.70 Å². The number of carbonyl (C=O) groups excluding carboxylic acids is 2. The molecule has 8 heteroatoms. The summed E-state index contributed by atoms with van der Waals surface area (Å²) in [4.78, 5) is 26.7. The summed E-state index contributed by atoms with van der Waals surface area (Å²) >= 11 is 2.77.